The van der Waals surface area contributed by atoms with Crippen LogP contribution in [0.5, 0.6) is 0 Å². The van der Waals surface area contributed by atoms with E-state index in [4.69, 9.17) is 9.57 Å². The summed E-state index contributed by atoms with van der Waals surface area (Å²) in [4.78, 5) is 35.3. The summed E-state index contributed by atoms with van der Waals surface area (Å²) in [6, 6.07) is 0.222. The standard InChI is InChI=1S/C15H23N5O5/c1-15(2,3)14(21)24-7-4-8-25-19-13-11(20(22)23)12(16-9-17-13)18-10-5-6-10/h9-10H,4-8H2,1-3H3,(H2,16,17,18,19). The van der Waals surface area contributed by atoms with Crippen molar-refractivity contribution in [1.82, 2.24) is 9.97 Å². The number of nitrogens with one attached hydrogen (secondary N) is 2. The molecule has 0 unspecified atom stereocenters. The molecule has 10 nitrogen and oxygen atoms in total. The number of esters is 1. The fourth-order valence-electron chi connectivity index (χ4n) is 1.78. The second-order valence-corrected chi connectivity index (χ2v) is 6.79. The lowest BCUT2D eigenvalue weighted by atomic mass is 9.97. The van der Waals surface area contributed by atoms with Gasteiger partial charge in [-0.15, -0.1) is 0 Å². The molecule has 1 heterocycles. The minimum Gasteiger partial charge on any atom is -0.465 e. The Bertz CT molecular complexity index is 627. The number of carbonyl (C=O) groups is 1. The fraction of sp³-hybridized carbons (Fsp3) is 0.667. The second kappa shape index (κ2) is 8.06. The van der Waals surface area contributed by atoms with Gasteiger partial charge >= 0.3 is 11.7 Å². The van der Waals surface area contributed by atoms with Gasteiger partial charge in [0.25, 0.3) is 0 Å². The lowest BCUT2D eigenvalue weighted by molar-refractivity contribution is -0.383. The van der Waals surface area contributed by atoms with E-state index < -0.39 is 10.3 Å². The number of hydrogen-bond donors (Lipinski definition) is 2. The van der Waals surface area contributed by atoms with Crippen LogP contribution in [0.1, 0.15) is 40.0 Å². The van der Waals surface area contributed by atoms with Gasteiger partial charge in [0.15, 0.2) is 0 Å². The maximum absolute atomic E-state index is 11.6. The molecule has 0 amide bonds. The maximum atomic E-state index is 11.6. The molecule has 0 spiro atoms. The van der Waals surface area contributed by atoms with Crippen LogP contribution in [0.3, 0.4) is 0 Å². The molecule has 25 heavy (non-hydrogen) atoms. The molecule has 0 bridgehead atoms. The fourth-order valence-corrected chi connectivity index (χ4v) is 1.78. The van der Waals surface area contributed by atoms with Gasteiger partial charge in [0, 0.05) is 12.5 Å². The Balaban J connectivity index is 1.80. The number of nitrogens with zero attached hydrogens (tertiary/aromatic N) is 3. The third-order valence-corrected chi connectivity index (χ3v) is 3.33. The van der Waals surface area contributed by atoms with E-state index in [-0.39, 0.29) is 42.5 Å². The summed E-state index contributed by atoms with van der Waals surface area (Å²) in [5.41, 5.74) is 1.67. The molecule has 2 rings (SSSR count). The van der Waals surface area contributed by atoms with Crippen molar-refractivity contribution in [2.24, 2.45) is 5.41 Å². The Hall–Kier alpha value is -2.49. The molecule has 1 saturated carbocycles. The molecule has 1 fully saturated rings. The topological polar surface area (TPSA) is 129 Å². The number of ether oxygens (including phenoxy) is 1. The van der Waals surface area contributed by atoms with Crippen molar-refractivity contribution in [2.75, 3.05) is 24.0 Å². The largest absolute Gasteiger partial charge is 0.465 e. The zero-order valence-electron chi connectivity index (χ0n) is 14.6. The van der Waals surface area contributed by atoms with Crippen LogP contribution in [0.4, 0.5) is 17.3 Å². The molecule has 0 radical (unpaired) electrons. The number of hydrogen-bond acceptors (Lipinski definition) is 9. The van der Waals surface area contributed by atoms with Crippen LogP contribution in [0, 0.1) is 15.5 Å². The summed E-state index contributed by atoms with van der Waals surface area (Å²) in [6.07, 6.45) is 3.61. The summed E-state index contributed by atoms with van der Waals surface area (Å²) in [5.74, 6) is -0.134. The molecule has 0 aliphatic heterocycles. The van der Waals surface area contributed by atoms with Gasteiger partial charge in [-0.3, -0.25) is 19.7 Å². The Morgan fingerprint density at radius 1 is 1.32 bits per heavy atom. The molecule has 1 aliphatic rings. The summed E-state index contributed by atoms with van der Waals surface area (Å²) in [5, 5.41) is 14.3. The molecule has 1 aromatic rings. The number of aromatic nitrogens is 2. The van der Waals surface area contributed by atoms with Crippen molar-refractivity contribution in [3.05, 3.63) is 16.4 Å². The van der Waals surface area contributed by atoms with Gasteiger partial charge in [-0.25, -0.2) is 15.4 Å². The van der Waals surface area contributed by atoms with E-state index in [1.807, 2.05) is 0 Å². The third kappa shape index (κ3) is 5.82. The Morgan fingerprint density at radius 2 is 2.00 bits per heavy atom. The number of anilines is 2. The van der Waals surface area contributed by atoms with Crippen molar-refractivity contribution < 1.29 is 19.3 Å². The normalized spacial score (nSPS) is 14.0. The highest BCUT2D eigenvalue weighted by molar-refractivity contribution is 5.75. The van der Waals surface area contributed by atoms with Crippen LogP contribution in [0.25, 0.3) is 0 Å². The lowest BCUT2D eigenvalue weighted by Crippen LogP contribution is -2.23. The van der Waals surface area contributed by atoms with Crippen molar-refractivity contribution in [1.29, 1.82) is 0 Å². The monoisotopic (exact) mass is 353 g/mol. The van der Waals surface area contributed by atoms with Crippen molar-refractivity contribution in [2.45, 2.75) is 46.1 Å². The van der Waals surface area contributed by atoms with Crippen LogP contribution >= 0.6 is 0 Å². The molecule has 0 aromatic carbocycles. The van der Waals surface area contributed by atoms with E-state index in [2.05, 4.69) is 20.8 Å². The minimum absolute atomic E-state index is 0.0187. The van der Waals surface area contributed by atoms with Gasteiger partial charge in [-0.1, -0.05) is 0 Å². The van der Waals surface area contributed by atoms with Crippen molar-refractivity contribution >= 4 is 23.3 Å². The highest BCUT2D eigenvalue weighted by atomic mass is 16.7. The first-order valence-corrected chi connectivity index (χ1v) is 8.10. The molecular weight excluding hydrogens is 330 g/mol. The van der Waals surface area contributed by atoms with E-state index in [1.54, 1.807) is 20.8 Å². The molecule has 138 valence electrons. The zero-order valence-corrected chi connectivity index (χ0v) is 14.6. The first-order chi connectivity index (χ1) is 11.8. The predicted molar refractivity (Wildman–Crippen MR) is 89.9 cm³/mol. The average molecular weight is 353 g/mol. The molecule has 10 heteroatoms. The van der Waals surface area contributed by atoms with Gasteiger partial charge < -0.3 is 10.1 Å². The summed E-state index contributed by atoms with van der Waals surface area (Å²) in [6.45, 7) is 5.72. The predicted octanol–water partition coefficient (Wildman–Crippen LogP) is 2.28. The van der Waals surface area contributed by atoms with Gasteiger partial charge in [0.1, 0.15) is 6.33 Å². The Kier molecular flexibility index (Phi) is 6.07. The number of rotatable bonds is 9. The molecule has 0 atom stereocenters. The maximum Gasteiger partial charge on any atom is 0.355 e. The van der Waals surface area contributed by atoms with Crippen molar-refractivity contribution in [3.8, 4) is 0 Å². The summed E-state index contributed by atoms with van der Waals surface area (Å²) >= 11 is 0. The van der Waals surface area contributed by atoms with Crippen LogP contribution in [0.2, 0.25) is 0 Å². The van der Waals surface area contributed by atoms with Gasteiger partial charge in [-0.2, -0.15) is 0 Å². The number of carbonyl (C=O) groups excluding carboxylic acids is 1. The van der Waals surface area contributed by atoms with Crippen LogP contribution < -0.4 is 10.8 Å². The Labute approximate surface area is 145 Å². The van der Waals surface area contributed by atoms with E-state index in [9.17, 15) is 14.9 Å². The zero-order chi connectivity index (χ0) is 18.4. The van der Waals surface area contributed by atoms with Crippen LogP contribution in [-0.2, 0) is 14.4 Å². The SMILES string of the molecule is CC(C)(C)C(=O)OCCCONc1ncnc(NC2CC2)c1[N+](=O)[O-]. The molecule has 1 aliphatic carbocycles. The quantitative estimate of drug-likeness (QED) is 0.297. The van der Waals surface area contributed by atoms with Gasteiger partial charge in [-0.05, 0) is 33.6 Å². The molecule has 2 N–H and O–H groups in total. The van der Waals surface area contributed by atoms with Gasteiger partial charge in [0.2, 0.25) is 11.6 Å². The molecule has 1 aromatic heterocycles. The highest BCUT2D eigenvalue weighted by Gasteiger charge is 2.29. The van der Waals surface area contributed by atoms with Crippen LogP contribution in [-0.4, -0.2) is 40.1 Å². The number of nitro groups is 1. The van der Waals surface area contributed by atoms with Crippen LogP contribution in [0.15, 0.2) is 6.33 Å². The summed E-state index contributed by atoms with van der Waals surface area (Å²) in [7, 11) is 0. The summed E-state index contributed by atoms with van der Waals surface area (Å²) < 4.78 is 5.10. The van der Waals surface area contributed by atoms with E-state index in [0.717, 1.165) is 12.8 Å². The third-order valence-electron chi connectivity index (χ3n) is 3.33. The first-order valence-electron chi connectivity index (χ1n) is 8.10. The Morgan fingerprint density at radius 3 is 2.60 bits per heavy atom. The lowest BCUT2D eigenvalue weighted by Gasteiger charge is -2.16. The molecular formula is C15H23N5O5. The highest BCUT2D eigenvalue weighted by Crippen LogP contribution is 2.33. The second-order valence-electron chi connectivity index (χ2n) is 6.79. The van der Waals surface area contributed by atoms with Crippen molar-refractivity contribution in [3.63, 3.8) is 0 Å². The minimum atomic E-state index is -0.554. The van der Waals surface area contributed by atoms with E-state index >= 15 is 0 Å². The average Bonchev–Trinajstić information content (AvgIpc) is 3.33. The first kappa shape index (κ1) is 18.8. The van der Waals surface area contributed by atoms with E-state index in [1.165, 1.54) is 6.33 Å². The smallest absolute Gasteiger partial charge is 0.355 e. The van der Waals surface area contributed by atoms with E-state index in [0.29, 0.717) is 6.42 Å². The van der Waals surface area contributed by atoms with Gasteiger partial charge in [0.05, 0.1) is 23.6 Å². The molecule has 0 saturated heterocycles.